The Hall–Kier alpha value is -0.930. The number of nitrogen functional groups attached to an aromatic ring is 1. The van der Waals surface area contributed by atoms with E-state index in [0.717, 1.165) is 17.8 Å². The number of aliphatic hydroxyl groups is 1. The summed E-state index contributed by atoms with van der Waals surface area (Å²) in [4.78, 5) is 0. The highest BCUT2D eigenvalue weighted by Crippen LogP contribution is 2.26. The normalized spacial score (nSPS) is 12.5. The minimum Gasteiger partial charge on any atom is -0.398 e. The Bertz CT molecular complexity index is 342. The summed E-state index contributed by atoms with van der Waals surface area (Å²) in [5.41, 5.74) is 8.29. The van der Waals surface area contributed by atoms with Crippen LogP contribution >= 0.6 is 11.6 Å². The van der Waals surface area contributed by atoms with Crippen molar-refractivity contribution in [3.05, 3.63) is 22.7 Å². The second-order valence-electron chi connectivity index (χ2n) is 3.86. The Kier molecular flexibility index (Phi) is 4.24. The van der Waals surface area contributed by atoms with Gasteiger partial charge in [-0.1, -0.05) is 18.5 Å². The average Bonchev–Trinajstić information content (AvgIpc) is 2.21. The molecule has 0 amide bonds. The van der Waals surface area contributed by atoms with E-state index in [2.05, 4.69) is 5.32 Å². The van der Waals surface area contributed by atoms with Crippen molar-refractivity contribution in [2.24, 2.45) is 5.92 Å². The van der Waals surface area contributed by atoms with Gasteiger partial charge in [0.1, 0.15) is 0 Å². The SMILES string of the molecule is Cc1cc(N)c(Cl)cc1NCC(C)CO. The van der Waals surface area contributed by atoms with Crippen LogP contribution in [0.15, 0.2) is 12.1 Å². The molecule has 0 aromatic heterocycles. The molecule has 1 aromatic rings. The number of halogens is 1. The Balaban J connectivity index is 2.73. The van der Waals surface area contributed by atoms with Crippen LogP contribution in [0.5, 0.6) is 0 Å². The third-order valence-corrected chi connectivity index (χ3v) is 2.62. The van der Waals surface area contributed by atoms with Crippen molar-refractivity contribution in [3.8, 4) is 0 Å². The van der Waals surface area contributed by atoms with Crippen LogP contribution in [-0.4, -0.2) is 18.3 Å². The number of rotatable bonds is 4. The summed E-state index contributed by atoms with van der Waals surface area (Å²) < 4.78 is 0. The van der Waals surface area contributed by atoms with E-state index >= 15 is 0 Å². The van der Waals surface area contributed by atoms with Crippen molar-refractivity contribution in [1.29, 1.82) is 0 Å². The summed E-state index contributed by atoms with van der Waals surface area (Å²) in [5.74, 6) is 0.223. The maximum Gasteiger partial charge on any atom is 0.0656 e. The molecule has 1 atom stereocenters. The molecule has 4 N–H and O–H groups in total. The standard InChI is InChI=1S/C11H17ClN2O/c1-7(6-15)5-14-11-4-9(12)10(13)3-8(11)2/h3-4,7,14-15H,5-6,13H2,1-2H3. The largest absolute Gasteiger partial charge is 0.398 e. The van der Waals surface area contributed by atoms with Gasteiger partial charge in [0.25, 0.3) is 0 Å². The number of nitrogens with two attached hydrogens (primary N) is 1. The maximum atomic E-state index is 8.89. The lowest BCUT2D eigenvalue weighted by molar-refractivity contribution is 0.244. The van der Waals surface area contributed by atoms with Crippen LogP contribution in [0, 0.1) is 12.8 Å². The third-order valence-electron chi connectivity index (χ3n) is 2.30. The monoisotopic (exact) mass is 228 g/mol. The first-order chi connectivity index (χ1) is 7.04. The number of nitrogens with one attached hydrogen (secondary N) is 1. The van der Waals surface area contributed by atoms with Crippen molar-refractivity contribution < 1.29 is 5.11 Å². The Labute approximate surface area is 95.2 Å². The average molecular weight is 229 g/mol. The van der Waals surface area contributed by atoms with Gasteiger partial charge >= 0.3 is 0 Å². The topological polar surface area (TPSA) is 58.3 Å². The quantitative estimate of drug-likeness (QED) is 0.693. The van der Waals surface area contributed by atoms with Crippen molar-refractivity contribution in [2.45, 2.75) is 13.8 Å². The van der Waals surface area contributed by atoms with Crippen LogP contribution in [0.1, 0.15) is 12.5 Å². The van der Waals surface area contributed by atoms with E-state index in [1.807, 2.05) is 26.0 Å². The fourth-order valence-corrected chi connectivity index (χ4v) is 1.41. The van der Waals surface area contributed by atoms with Crippen molar-refractivity contribution in [2.75, 3.05) is 24.2 Å². The van der Waals surface area contributed by atoms with E-state index < -0.39 is 0 Å². The predicted octanol–water partition coefficient (Wildman–Crippen LogP) is 2.27. The lowest BCUT2D eigenvalue weighted by atomic mass is 10.1. The fourth-order valence-electron chi connectivity index (χ4n) is 1.24. The zero-order chi connectivity index (χ0) is 11.4. The van der Waals surface area contributed by atoms with Crippen LogP contribution < -0.4 is 11.1 Å². The van der Waals surface area contributed by atoms with Gasteiger partial charge in [0, 0.05) is 18.8 Å². The zero-order valence-corrected chi connectivity index (χ0v) is 9.80. The van der Waals surface area contributed by atoms with Gasteiger partial charge < -0.3 is 16.2 Å². The Morgan fingerprint density at radius 2 is 2.20 bits per heavy atom. The molecule has 4 heteroatoms. The second kappa shape index (κ2) is 5.24. The van der Waals surface area contributed by atoms with Gasteiger partial charge in [-0.3, -0.25) is 0 Å². The van der Waals surface area contributed by atoms with Gasteiger partial charge in [0.05, 0.1) is 10.7 Å². The van der Waals surface area contributed by atoms with Gasteiger partial charge in [0.15, 0.2) is 0 Å². The van der Waals surface area contributed by atoms with Gasteiger partial charge in [0.2, 0.25) is 0 Å². The van der Waals surface area contributed by atoms with Crippen LogP contribution in [0.2, 0.25) is 5.02 Å². The number of benzene rings is 1. The molecule has 1 unspecified atom stereocenters. The van der Waals surface area contributed by atoms with Crippen molar-refractivity contribution in [3.63, 3.8) is 0 Å². The van der Waals surface area contributed by atoms with Gasteiger partial charge in [-0.2, -0.15) is 0 Å². The van der Waals surface area contributed by atoms with E-state index in [9.17, 15) is 0 Å². The molecule has 0 aliphatic carbocycles. The van der Waals surface area contributed by atoms with E-state index in [4.69, 9.17) is 22.4 Å². The minimum atomic E-state index is 0.175. The van der Waals surface area contributed by atoms with E-state index in [1.165, 1.54) is 0 Å². The van der Waals surface area contributed by atoms with Crippen LogP contribution in [0.4, 0.5) is 11.4 Å². The highest BCUT2D eigenvalue weighted by Gasteiger charge is 2.05. The first kappa shape index (κ1) is 12.1. The number of aliphatic hydroxyl groups excluding tert-OH is 1. The molecule has 84 valence electrons. The molecule has 1 aromatic carbocycles. The van der Waals surface area contributed by atoms with Crippen LogP contribution in [0.3, 0.4) is 0 Å². The molecule has 3 nitrogen and oxygen atoms in total. The van der Waals surface area contributed by atoms with E-state index in [-0.39, 0.29) is 12.5 Å². The third kappa shape index (κ3) is 3.29. The second-order valence-corrected chi connectivity index (χ2v) is 4.26. The van der Waals surface area contributed by atoms with Crippen molar-refractivity contribution >= 4 is 23.0 Å². The summed E-state index contributed by atoms with van der Waals surface area (Å²) in [6.45, 7) is 4.84. The molecule has 0 bridgehead atoms. The van der Waals surface area contributed by atoms with Crippen LogP contribution in [-0.2, 0) is 0 Å². The van der Waals surface area contributed by atoms with Gasteiger partial charge in [-0.05, 0) is 30.5 Å². The molecule has 0 fully saturated rings. The maximum absolute atomic E-state index is 8.89. The first-order valence-corrected chi connectivity index (χ1v) is 5.32. The molecule has 1 rings (SSSR count). The highest BCUT2D eigenvalue weighted by atomic mass is 35.5. The number of hydrogen-bond acceptors (Lipinski definition) is 3. The molecular weight excluding hydrogens is 212 g/mol. The molecule has 0 saturated heterocycles. The summed E-state index contributed by atoms with van der Waals surface area (Å²) in [6, 6.07) is 3.66. The van der Waals surface area contributed by atoms with Gasteiger partial charge in [-0.15, -0.1) is 0 Å². The lowest BCUT2D eigenvalue weighted by Gasteiger charge is -2.14. The summed E-state index contributed by atoms with van der Waals surface area (Å²) >= 11 is 5.92. The Morgan fingerprint density at radius 1 is 1.53 bits per heavy atom. The fraction of sp³-hybridized carbons (Fsp3) is 0.455. The zero-order valence-electron chi connectivity index (χ0n) is 9.05. The number of aryl methyl sites for hydroxylation is 1. The molecule has 0 saturated carbocycles. The highest BCUT2D eigenvalue weighted by molar-refractivity contribution is 6.33. The van der Waals surface area contributed by atoms with Crippen LogP contribution in [0.25, 0.3) is 0 Å². The number of hydrogen-bond donors (Lipinski definition) is 3. The van der Waals surface area contributed by atoms with Crippen molar-refractivity contribution in [1.82, 2.24) is 0 Å². The number of anilines is 2. The van der Waals surface area contributed by atoms with Gasteiger partial charge in [-0.25, -0.2) is 0 Å². The molecule has 0 heterocycles. The molecule has 0 aliphatic heterocycles. The lowest BCUT2D eigenvalue weighted by Crippen LogP contribution is -2.15. The summed E-state index contributed by atoms with van der Waals surface area (Å²) in [7, 11) is 0. The minimum absolute atomic E-state index is 0.175. The van der Waals surface area contributed by atoms with E-state index in [0.29, 0.717) is 10.7 Å². The predicted molar refractivity (Wildman–Crippen MR) is 65.3 cm³/mol. The Morgan fingerprint density at radius 3 is 2.80 bits per heavy atom. The molecule has 0 spiro atoms. The smallest absolute Gasteiger partial charge is 0.0656 e. The summed E-state index contributed by atoms with van der Waals surface area (Å²) in [6.07, 6.45) is 0. The van der Waals surface area contributed by atoms with E-state index in [1.54, 1.807) is 0 Å². The molecule has 0 aliphatic rings. The molecule has 15 heavy (non-hydrogen) atoms. The molecule has 0 radical (unpaired) electrons. The first-order valence-electron chi connectivity index (χ1n) is 4.95. The molecular formula is C11H17ClN2O. The summed E-state index contributed by atoms with van der Waals surface area (Å²) in [5, 5.41) is 12.7.